The number of carbonyl (C=O) groups excluding carboxylic acids is 1. The number of ether oxygens (including phenoxy) is 2. The number of nitrogens with one attached hydrogen (secondary N) is 2. The molecule has 0 aliphatic carbocycles. The summed E-state index contributed by atoms with van der Waals surface area (Å²) in [4.78, 5) is 12.5. The number of sulfonamides is 1. The van der Waals surface area contributed by atoms with Gasteiger partial charge in [-0.15, -0.1) is 0 Å². The molecule has 0 saturated carbocycles. The van der Waals surface area contributed by atoms with E-state index in [0.717, 1.165) is 4.31 Å². The fourth-order valence-electron chi connectivity index (χ4n) is 2.77. The summed E-state index contributed by atoms with van der Waals surface area (Å²) >= 11 is 11.0. The van der Waals surface area contributed by atoms with Crippen molar-refractivity contribution in [3.05, 3.63) is 52.5 Å². The standard InChI is InChI=1S/C20H24ClN3O5S2/c1-22-20(30)24(2)31(26,27)18-11-13(5-7-17(18)29-4)9-10-23-19(25)15-12-14(21)6-8-16(15)28-3/h5-8,11-12H,9-10H2,1-4H3,(H,22,30)(H,23,25). The number of rotatable bonds is 8. The summed E-state index contributed by atoms with van der Waals surface area (Å²) in [6.45, 7) is 0.269. The molecule has 1 amide bonds. The molecular weight excluding hydrogens is 462 g/mol. The summed E-state index contributed by atoms with van der Waals surface area (Å²) in [6, 6.07) is 9.58. The van der Waals surface area contributed by atoms with E-state index in [2.05, 4.69) is 10.6 Å². The second kappa shape index (κ2) is 10.7. The van der Waals surface area contributed by atoms with Crippen molar-refractivity contribution in [3.63, 3.8) is 0 Å². The molecule has 0 aromatic heterocycles. The van der Waals surface area contributed by atoms with Crippen LogP contribution in [0.1, 0.15) is 15.9 Å². The van der Waals surface area contributed by atoms with E-state index >= 15 is 0 Å². The zero-order chi connectivity index (χ0) is 23.2. The van der Waals surface area contributed by atoms with Crippen LogP contribution in [0.4, 0.5) is 0 Å². The van der Waals surface area contributed by atoms with E-state index in [9.17, 15) is 13.2 Å². The third kappa shape index (κ3) is 5.78. The van der Waals surface area contributed by atoms with Gasteiger partial charge < -0.3 is 20.1 Å². The Morgan fingerprint density at radius 2 is 1.77 bits per heavy atom. The Bertz CT molecular complexity index is 1080. The maximum atomic E-state index is 13.0. The maximum Gasteiger partial charge on any atom is 0.269 e. The van der Waals surface area contributed by atoms with Crippen LogP contribution in [-0.4, -0.2) is 58.6 Å². The highest BCUT2D eigenvalue weighted by atomic mass is 35.5. The van der Waals surface area contributed by atoms with Crippen molar-refractivity contribution in [1.29, 1.82) is 0 Å². The summed E-state index contributed by atoms with van der Waals surface area (Å²) in [6.07, 6.45) is 0.390. The molecule has 2 aromatic rings. The van der Waals surface area contributed by atoms with Gasteiger partial charge in [-0.05, 0) is 54.5 Å². The average molecular weight is 486 g/mol. The van der Waals surface area contributed by atoms with Gasteiger partial charge in [-0.25, -0.2) is 12.7 Å². The minimum absolute atomic E-state index is 0.0181. The number of hydrogen-bond acceptors (Lipinski definition) is 6. The number of carbonyl (C=O) groups is 1. The molecule has 11 heteroatoms. The molecule has 0 bridgehead atoms. The van der Waals surface area contributed by atoms with Crippen LogP contribution in [0, 0.1) is 0 Å². The van der Waals surface area contributed by atoms with Crippen molar-refractivity contribution in [1.82, 2.24) is 14.9 Å². The highest BCUT2D eigenvalue weighted by Gasteiger charge is 2.26. The Balaban J connectivity index is 2.19. The molecule has 0 atom stereocenters. The SMILES string of the molecule is CNC(=S)N(C)S(=O)(=O)c1cc(CCNC(=O)c2cc(Cl)ccc2OC)ccc1OC. The van der Waals surface area contributed by atoms with E-state index in [1.165, 1.54) is 33.4 Å². The zero-order valence-corrected chi connectivity index (χ0v) is 20.0. The van der Waals surface area contributed by atoms with Crippen LogP contribution in [0.15, 0.2) is 41.3 Å². The molecule has 0 aliphatic heterocycles. The molecule has 0 radical (unpaired) electrons. The highest BCUT2D eigenvalue weighted by Crippen LogP contribution is 2.28. The molecule has 8 nitrogen and oxygen atoms in total. The number of hydrogen-bond donors (Lipinski definition) is 2. The monoisotopic (exact) mass is 485 g/mol. The molecule has 0 aliphatic rings. The van der Waals surface area contributed by atoms with Gasteiger partial charge in [0, 0.05) is 25.7 Å². The van der Waals surface area contributed by atoms with Crippen LogP contribution in [-0.2, 0) is 16.4 Å². The van der Waals surface area contributed by atoms with Gasteiger partial charge in [0.05, 0.1) is 19.8 Å². The summed E-state index contributed by atoms with van der Waals surface area (Å²) in [7, 11) is 1.83. The first kappa shape index (κ1) is 24.7. The number of methoxy groups -OCH3 is 2. The molecule has 0 fully saturated rings. The summed E-state index contributed by atoms with van der Waals surface area (Å²) < 4.78 is 37.3. The molecule has 0 saturated heterocycles. The molecule has 0 heterocycles. The van der Waals surface area contributed by atoms with Crippen LogP contribution in [0.5, 0.6) is 11.5 Å². The van der Waals surface area contributed by atoms with Crippen molar-refractivity contribution in [2.75, 3.05) is 34.9 Å². The van der Waals surface area contributed by atoms with Crippen LogP contribution in [0.2, 0.25) is 5.02 Å². The van der Waals surface area contributed by atoms with Gasteiger partial charge in [-0.3, -0.25) is 4.79 Å². The minimum Gasteiger partial charge on any atom is -0.496 e. The molecule has 0 spiro atoms. The normalized spacial score (nSPS) is 10.9. The van der Waals surface area contributed by atoms with E-state index in [4.69, 9.17) is 33.3 Å². The molecular formula is C20H24ClN3O5S2. The lowest BCUT2D eigenvalue weighted by Crippen LogP contribution is -2.39. The van der Waals surface area contributed by atoms with Crippen LogP contribution in [0.3, 0.4) is 0 Å². The summed E-state index contributed by atoms with van der Waals surface area (Å²) in [5.41, 5.74) is 1.01. The van der Waals surface area contributed by atoms with Crippen LogP contribution < -0.4 is 20.1 Å². The Hall–Kier alpha value is -2.56. The van der Waals surface area contributed by atoms with Crippen molar-refractivity contribution < 1.29 is 22.7 Å². The van der Waals surface area contributed by atoms with Gasteiger partial charge in [0.25, 0.3) is 15.9 Å². The second-order valence-corrected chi connectivity index (χ2v) is 9.12. The first-order valence-electron chi connectivity index (χ1n) is 9.15. The van der Waals surface area contributed by atoms with Crippen molar-refractivity contribution in [3.8, 4) is 11.5 Å². The Kier molecular flexibility index (Phi) is 8.49. The Morgan fingerprint density at radius 3 is 2.39 bits per heavy atom. The average Bonchev–Trinajstić information content (AvgIpc) is 2.77. The Morgan fingerprint density at radius 1 is 1.13 bits per heavy atom. The first-order chi connectivity index (χ1) is 14.6. The molecule has 2 N–H and O–H groups in total. The number of halogens is 1. The van der Waals surface area contributed by atoms with Gasteiger partial charge in [-0.1, -0.05) is 17.7 Å². The van der Waals surface area contributed by atoms with Gasteiger partial charge in [0.15, 0.2) is 5.11 Å². The minimum atomic E-state index is -3.93. The largest absolute Gasteiger partial charge is 0.496 e. The lowest BCUT2D eigenvalue weighted by molar-refractivity contribution is 0.0951. The first-order valence-corrected chi connectivity index (χ1v) is 11.4. The van der Waals surface area contributed by atoms with Crippen LogP contribution in [0.25, 0.3) is 0 Å². The predicted molar refractivity (Wildman–Crippen MR) is 124 cm³/mol. The van der Waals surface area contributed by atoms with E-state index in [-0.39, 0.29) is 28.2 Å². The summed E-state index contributed by atoms with van der Waals surface area (Å²) in [5, 5.41) is 5.89. The van der Waals surface area contributed by atoms with Crippen molar-refractivity contribution in [2.45, 2.75) is 11.3 Å². The molecule has 31 heavy (non-hydrogen) atoms. The third-order valence-electron chi connectivity index (χ3n) is 4.47. The smallest absolute Gasteiger partial charge is 0.269 e. The number of benzene rings is 2. The van der Waals surface area contributed by atoms with Gasteiger partial charge in [0.1, 0.15) is 16.4 Å². The van der Waals surface area contributed by atoms with Gasteiger partial charge in [-0.2, -0.15) is 0 Å². The topological polar surface area (TPSA) is 97.0 Å². The lowest BCUT2D eigenvalue weighted by atomic mass is 10.1. The molecule has 0 unspecified atom stereocenters. The van der Waals surface area contributed by atoms with Crippen molar-refractivity contribution in [2.24, 2.45) is 0 Å². The van der Waals surface area contributed by atoms with E-state index in [1.807, 2.05) is 0 Å². The number of amides is 1. The summed E-state index contributed by atoms with van der Waals surface area (Å²) in [5.74, 6) is 0.255. The fraction of sp³-hybridized carbons (Fsp3) is 0.300. The van der Waals surface area contributed by atoms with E-state index < -0.39 is 10.0 Å². The maximum absolute atomic E-state index is 13.0. The zero-order valence-electron chi connectivity index (χ0n) is 17.6. The molecule has 168 valence electrons. The fourth-order valence-corrected chi connectivity index (χ4v) is 4.54. The van der Waals surface area contributed by atoms with Crippen molar-refractivity contribution >= 4 is 44.9 Å². The quantitative estimate of drug-likeness (QED) is 0.554. The number of nitrogens with zero attached hydrogens (tertiary/aromatic N) is 1. The lowest BCUT2D eigenvalue weighted by Gasteiger charge is -2.21. The van der Waals surface area contributed by atoms with E-state index in [1.54, 1.807) is 31.3 Å². The Labute approximate surface area is 192 Å². The second-order valence-electron chi connectivity index (χ2n) is 6.36. The number of thiocarbonyl (C=S) groups is 1. The molecule has 2 aromatic carbocycles. The van der Waals surface area contributed by atoms with Gasteiger partial charge >= 0.3 is 0 Å². The predicted octanol–water partition coefficient (Wildman–Crippen LogP) is 2.45. The van der Waals surface area contributed by atoms with Crippen LogP contribution >= 0.6 is 23.8 Å². The third-order valence-corrected chi connectivity index (χ3v) is 7.08. The molecule has 2 rings (SSSR count). The highest BCUT2D eigenvalue weighted by molar-refractivity contribution is 7.91. The van der Waals surface area contributed by atoms with Gasteiger partial charge in [0.2, 0.25) is 0 Å². The van der Waals surface area contributed by atoms with E-state index in [0.29, 0.717) is 28.3 Å².